The maximum atomic E-state index is 11.2. The Morgan fingerprint density at radius 1 is 1.42 bits per heavy atom. The van der Waals surface area contributed by atoms with Crippen molar-refractivity contribution < 1.29 is 14.6 Å². The number of allylic oxidation sites excluding steroid dienone is 1. The summed E-state index contributed by atoms with van der Waals surface area (Å²) < 4.78 is 5.00. The lowest BCUT2D eigenvalue weighted by Gasteiger charge is -1.96. The highest BCUT2D eigenvalue weighted by Gasteiger charge is 2.28. The van der Waals surface area contributed by atoms with Gasteiger partial charge < -0.3 is 9.84 Å². The molecule has 0 saturated carbocycles. The monoisotopic (exact) mass is 162 g/mol. The molecule has 1 aromatic carbocycles. The maximum absolute atomic E-state index is 11.2. The van der Waals surface area contributed by atoms with Gasteiger partial charge in [-0.1, -0.05) is 12.6 Å². The molecule has 0 bridgehead atoms. The predicted octanol–water partition coefficient (Wildman–Crippen LogP) is 1.48. The number of Topliss-reactive ketones (excluding diaryl/α,β-unsaturated/α-hetero) is 1. The van der Waals surface area contributed by atoms with Crippen LogP contribution in [-0.4, -0.2) is 10.9 Å². The summed E-state index contributed by atoms with van der Waals surface area (Å²) in [5.74, 6) is 0.0377. The number of aromatic hydroxyl groups is 1. The Bertz CT molecular complexity index is 379. The van der Waals surface area contributed by atoms with Crippen molar-refractivity contribution in [2.75, 3.05) is 0 Å². The first-order valence-corrected chi connectivity index (χ1v) is 3.43. The molecule has 1 N–H and O–H groups in total. The minimum absolute atomic E-state index is 0.0591. The molecule has 0 unspecified atom stereocenters. The number of hydrogen-bond donors (Lipinski definition) is 1. The van der Waals surface area contributed by atoms with Gasteiger partial charge in [0.15, 0.2) is 5.76 Å². The number of benzene rings is 1. The van der Waals surface area contributed by atoms with Gasteiger partial charge in [0.1, 0.15) is 17.1 Å². The van der Waals surface area contributed by atoms with Gasteiger partial charge >= 0.3 is 0 Å². The van der Waals surface area contributed by atoms with Crippen molar-refractivity contribution in [1.29, 1.82) is 0 Å². The molecule has 0 aromatic heterocycles. The molecule has 1 heterocycles. The second-order valence-electron chi connectivity index (χ2n) is 2.50. The highest BCUT2D eigenvalue weighted by molar-refractivity contribution is 6.13. The number of fused-ring (bicyclic) bond motifs is 1. The number of ketones is 1. The van der Waals surface area contributed by atoms with E-state index in [0.29, 0.717) is 5.75 Å². The van der Waals surface area contributed by atoms with Gasteiger partial charge in [0.2, 0.25) is 5.78 Å². The first-order chi connectivity index (χ1) is 5.70. The Morgan fingerprint density at radius 2 is 2.17 bits per heavy atom. The van der Waals surface area contributed by atoms with Crippen LogP contribution in [0.4, 0.5) is 0 Å². The smallest absolute Gasteiger partial charge is 0.235 e. The Kier molecular flexibility index (Phi) is 1.21. The molecule has 3 heteroatoms. The van der Waals surface area contributed by atoms with Crippen molar-refractivity contribution >= 4 is 5.78 Å². The molecule has 0 fully saturated rings. The lowest BCUT2D eigenvalue weighted by atomic mass is 10.1. The van der Waals surface area contributed by atoms with Gasteiger partial charge in [-0.05, 0) is 12.1 Å². The van der Waals surface area contributed by atoms with Crippen LogP contribution in [0.25, 0.3) is 0 Å². The summed E-state index contributed by atoms with van der Waals surface area (Å²) in [5, 5.41) is 9.28. The van der Waals surface area contributed by atoms with Crippen LogP contribution in [0, 0.1) is 0 Å². The number of ether oxygens (including phenoxy) is 1. The van der Waals surface area contributed by atoms with Crippen LogP contribution in [0.3, 0.4) is 0 Å². The number of phenolic OH excluding ortho intramolecular Hbond substituents is 1. The van der Waals surface area contributed by atoms with Crippen LogP contribution in [0.2, 0.25) is 0 Å². The van der Waals surface area contributed by atoms with Crippen LogP contribution in [0.15, 0.2) is 30.5 Å². The van der Waals surface area contributed by atoms with E-state index in [4.69, 9.17) is 4.74 Å². The number of rotatable bonds is 0. The zero-order valence-corrected chi connectivity index (χ0v) is 6.20. The van der Waals surface area contributed by atoms with E-state index >= 15 is 0 Å². The molecule has 1 aliphatic rings. The summed E-state index contributed by atoms with van der Waals surface area (Å²) in [6.07, 6.45) is 0. The molecule has 0 aliphatic carbocycles. The molecule has 0 saturated heterocycles. The molecule has 1 aromatic rings. The van der Waals surface area contributed by atoms with E-state index in [2.05, 4.69) is 6.58 Å². The number of carbonyl (C=O) groups excluding carboxylic acids is 1. The topological polar surface area (TPSA) is 46.5 Å². The van der Waals surface area contributed by atoms with Crippen LogP contribution >= 0.6 is 0 Å². The number of phenols is 1. The maximum Gasteiger partial charge on any atom is 0.235 e. The normalized spacial score (nSPS) is 14.3. The fourth-order valence-corrected chi connectivity index (χ4v) is 1.15. The van der Waals surface area contributed by atoms with E-state index in [-0.39, 0.29) is 22.9 Å². The molecule has 12 heavy (non-hydrogen) atoms. The molecular formula is C9H6O3. The number of hydrogen-bond acceptors (Lipinski definition) is 3. The van der Waals surface area contributed by atoms with Crippen LogP contribution in [-0.2, 0) is 0 Å². The van der Waals surface area contributed by atoms with E-state index in [1.165, 1.54) is 6.07 Å². The Balaban J connectivity index is 2.70. The van der Waals surface area contributed by atoms with E-state index < -0.39 is 0 Å². The van der Waals surface area contributed by atoms with Gasteiger partial charge in [-0.15, -0.1) is 0 Å². The quantitative estimate of drug-likeness (QED) is 0.588. The largest absolute Gasteiger partial charge is 0.507 e. The predicted molar refractivity (Wildman–Crippen MR) is 42.2 cm³/mol. The standard InChI is InChI=1S/C9H6O3/c1-5-9(11)8-6(10)3-2-4-7(8)12-5/h2-4,10H,1H2. The molecule has 1 aliphatic heterocycles. The summed E-state index contributed by atoms with van der Waals surface area (Å²) in [5.41, 5.74) is 0.211. The summed E-state index contributed by atoms with van der Waals surface area (Å²) in [6, 6.07) is 4.67. The molecule has 0 spiro atoms. The molecule has 60 valence electrons. The zero-order valence-electron chi connectivity index (χ0n) is 6.20. The van der Waals surface area contributed by atoms with Gasteiger partial charge in [0.25, 0.3) is 0 Å². The van der Waals surface area contributed by atoms with E-state index in [1.807, 2.05) is 0 Å². The Morgan fingerprint density at radius 3 is 2.83 bits per heavy atom. The third-order valence-electron chi connectivity index (χ3n) is 1.72. The van der Waals surface area contributed by atoms with Crippen molar-refractivity contribution in [3.05, 3.63) is 36.1 Å². The van der Waals surface area contributed by atoms with Crippen molar-refractivity contribution in [3.8, 4) is 11.5 Å². The third kappa shape index (κ3) is 0.733. The first kappa shape index (κ1) is 6.91. The average Bonchev–Trinajstić information content (AvgIpc) is 2.29. The molecule has 0 atom stereocenters. The first-order valence-electron chi connectivity index (χ1n) is 3.43. The third-order valence-corrected chi connectivity index (χ3v) is 1.72. The lowest BCUT2D eigenvalue weighted by molar-refractivity contribution is 0.101. The highest BCUT2D eigenvalue weighted by atomic mass is 16.5. The summed E-state index contributed by atoms with van der Waals surface area (Å²) in [7, 11) is 0. The zero-order chi connectivity index (χ0) is 8.72. The molecular weight excluding hydrogens is 156 g/mol. The van der Waals surface area contributed by atoms with Crippen LogP contribution in [0.5, 0.6) is 11.5 Å². The SMILES string of the molecule is C=C1Oc2cccc(O)c2C1=O. The van der Waals surface area contributed by atoms with Gasteiger partial charge in [-0.3, -0.25) is 4.79 Å². The second kappa shape index (κ2) is 2.11. The highest BCUT2D eigenvalue weighted by Crippen LogP contribution is 2.35. The minimum atomic E-state index is -0.344. The molecule has 2 rings (SSSR count). The van der Waals surface area contributed by atoms with Crippen molar-refractivity contribution in [1.82, 2.24) is 0 Å². The fraction of sp³-hybridized carbons (Fsp3) is 0. The summed E-state index contributed by atoms with van der Waals surface area (Å²) in [4.78, 5) is 11.2. The Labute approximate surface area is 68.9 Å². The van der Waals surface area contributed by atoms with Crippen molar-refractivity contribution in [2.45, 2.75) is 0 Å². The van der Waals surface area contributed by atoms with Gasteiger partial charge in [0, 0.05) is 0 Å². The van der Waals surface area contributed by atoms with Gasteiger partial charge in [-0.25, -0.2) is 0 Å². The fourth-order valence-electron chi connectivity index (χ4n) is 1.15. The van der Waals surface area contributed by atoms with E-state index in [1.54, 1.807) is 12.1 Å². The van der Waals surface area contributed by atoms with Crippen molar-refractivity contribution in [2.24, 2.45) is 0 Å². The van der Waals surface area contributed by atoms with E-state index in [0.717, 1.165) is 0 Å². The molecule has 0 radical (unpaired) electrons. The van der Waals surface area contributed by atoms with Crippen LogP contribution < -0.4 is 4.74 Å². The Hall–Kier alpha value is -1.77. The molecule has 0 amide bonds. The second-order valence-corrected chi connectivity index (χ2v) is 2.50. The lowest BCUT2D eigenvalue weighted by Crippen LogP contribution is -1.95. The number of carbonyl (C=O) groups is 1. The van der Waals surface area contributed by atoms with Crippen LogP contribution in [0.1, 0.15) is 10.4 Å². The summed E-state index contributed by atoms with van der Waals surface area (Å²) >= 11 is 0. The minimum Gasteiger partial charge on any atom is -0.507 e. The average molecular weight is 162 g/mol. The summed E-state index contributed by atoms with van der Waals surface area (Å²) in [6.45, 7) is 3.41. The van der Waals surface area contributed by atoms with Gasteiger partial charge in [0.05, 0.1) is 0 Å². The molecule has 3 nitrogen and oxygen atoms in total. The van der Waals surface area contributed by atoms with Crippen molar-refractivity contribution in [3.63, 3.8) is 0 Å². The van der Waals surface area contributed by atoms with E-state index in [9.17, 15) is 9.90 Å². The van der Waals surface area contributed by atoms with Gasteiger partial charge in [-0.2, -0.15) is 0 Å².